The zero-order valence-corrected chi connectivity index (χ0v) is 16.6. The summed E-state index contributed by atoms with van der Waals surface area (Å²) in [6.45, 7) is 6.59. The number of halogens is 1. The van der Waals surface area contributed by atoms with Gasteiger partial charge in [-0.25, -0.2) is 4.39 Å². The van der Waals surface area contributed by atoms with Crippen molar-refractivity contribution >= 4 is 25.1 Å². The van der Waals surface area contributed by atoms with Crippen molar-refractivity contribution in [2.45, 2.75) is 58.2 Å². The van der Waals surface area contributed by atoms with Crippen LogP contribution in [0.1, 0.15) is 62.5 Å². The monoisotopic (exact) mass is 410 g/mol. The number of hydrogen-bond donors (Lipinski definition) is 3. The smallest absolute Gasteiger partial charge is 0.510 e. The molecule has 4 N–H and O–H groups in total. The topological polar surface area (TPSA) is 139 Å². The van der Waals surface area contributed by atoms with Crippen LogP contribution in [0, 0.1) is 5.82 Å². The Kier molecular flexibility index (Phi) is 6.54. The van der Waals surface area contributed by atoms with Gasteiger partial charge in [0.15, 0.2) is 5.82 Å². The highest BCUT2D eigenvalue weighted by Gasteiger charge is 2.43. The number of nitrogens with zero attached hydrogens (tertiary/aromatic N) is 1. The third-order valence-corrected chi connectivity index (χ3v) is 4.38. The van der Waals surface area contributed by atoms with Crippen LogP contribution in [0.2, 0.25) is 0 Å². The number of amides is 2. The van der Waals surface area contributed by atoms with Gasteiger partial charge in [-0.2, -0.15) is 0 Å². The number of rotatable bonds is 7. The van der Waals surface area contributed by atoms with Gasteiger partial charge in [0.25, 0.3) is 5.91 Å². The van der Waals surface area contributed by atoms with Gasteiger partial charge in [0.1, 0.15) is 17.4 Å². The summed E-state index contributed by atoms with van der Waals surface area (Å²) >= 11 is 0. The Balaban J connectivity index is 2.27. The van der Waals surface area contributed by atoms with Crippen LogP contribution in [-0.4, -0.2) is 51.7 Å². The second kappa shape index (κ2) is 8.38. The Morgan fingerprint density at radius 2 is 1.97 bits per heavy atom. The molecule has 11 heteroatoms. The van der Waals surface area contributed by atoms with Gasteiger partial charge in [-0.1, -0.05) is 0 Å². The lowest BCUT2D eigenvalue weighted by atomic mass is 10.0. The molecule has 0 unspecified atom stereocenters. The molecule has 2 atom stereocenters. The quantitative estimate of drug-likeness (QED) is 0.443. The lowest BCUT2D eigenvalue weighted by Gasteiger charge is -2.30. The van der Waals surface area contributed by atoms with Crippen LogP contribution in [0.4, 0.5) is 4.39 Å². The molecule has 1 heterocycles. The average molecular weight is 410 g/mol. The number of ether oxygens (including phenoxy) is 1. The molecule has 0 radical (unpaired) electrons. The van der Waals surface area contributed by atoms with Crippen molar-refractivity contribution in [3.63, 3.8) is 0 Å². The number of hydrogen-bond acceptors (Lipinski definition) is 7. The van der Waals surface area contributed by atoms with E-state index < -0.39 is 54.4 Å². The van der Waals surface area contributed by atoms with E-state index in [1.165, 1.54) is 13.0 Å². The molecule has 29 heavy (non-hydrogen) atoms. The van der Waals surface area contributed by atoms with E-state index in [4.69, 9.17) is 20.5 Å². The first-order chi connectivity index (χ1) is 13.3. The summed E-state index contributed by atoms with van der Waals surface area (Å²) in [5, 5.41) is 17.8. The molecule has 1 aromatic rings. The summed E-state index contributed by atoms with van der Waals surface area (Å²) in [5.41, 5.74) is 4.69. The second-order valence-corrected chi connectivity index (χ2v) is 7.71. The average Bonchev–Trinajstić information content (AvgIpc) is 2.80. The van der Waals surface area contributed by atoms with E-state index in [0.717, 1.165) is 11.0 Å². The molecule has 2 amide bonds. The Morgan fingerprint density at radius 3 is 2.48 bits per heavy atom. The van der Waals surface area contributed by atoms with Crippen LogP contribution in [0.3, 0.4) is 0 Å². The molecule has 9 nitrogen and oxygen atoms in total. The molecule has 158 valence electrons. The van der Waals surface area contributed by atoms with Crippen LogP contribution >= 0.6 is 0 Å². The van der Waals surface area contributed by atoms with Crippen LogP contribution in [0.5, 0.6) is 5.75 Å². The molecule has 0 bridgehead atoms. The van der Waals surface area contributed by atoms with E-state index in [0.29, 0.717) is 0 Å². The number of primary amides is 1. The zero-order valence-electron chi connectivity index (χ0n) is 16.6. The van der Waals surface area contributed by atoms with Gasteiger partial charge >= 0.3 is 13.3 Å². The summed E-state index contributed by atoms with van der Waals surface area (Å²) in [6, 6.07) is 0.292. The third-order valence-electron chi connectivity index (χ3n) is 4.38. The Morgan fingerprint density at radius 1 is 1.34 bits per heavy atom. The molecule has 0 saturated carbocycles. The van der Waals surface area contributed by atoms with Crippen LogP contribution in [0.15, 0.2) is 12.1 Å². The van der Waals surface area contributed by atoms with Gasteiger partial charge in [-0.05, 0) is 46.2 Å². The third kappa shape index (κ3) is 5.04. The Hall–Kier alpha value is -2.66. The summed E-state index contributed by atoms with van der Waals surface area (Å²) in [6.07, 6.45) is -0.250. The number of fused-ring (bicyclic) bond motifs is 1. The normalized spacial score (nSPS) is 17.0. The fourth-order valence-corrected chi connectivity index (χ4v) is 3.30. The molecule has 0 fully saturated rings. The van der Waals surface area contributed by atoms with Crippen LogP contribution in [0.25, 0.3) is 0 Å². The van der Waals surface area contributed by atoms with E-state index in [1.54, 1.807) is 20.8 Å². The van der Waals surface area contributed by atoms with Crippen molar-refractivity contribution in [3.05, 3.63) is 29.1 Å². The van der Waals surface area contributed by atoms with Crippen LogP contribution in [-0.2, 0) is 14.3 Å². The molecule has 1 aromatic carbocycles. The van der Waals surface area contributed by atoms with Crippen molar-refractivity contribution in [2.75, 3.05) is 0 Å². The molecular formula is C18H24BFN2O7. The Bertz CT molecular complexity index is 825. The minimum absolute atomic E-state index is 0.00158. The van der Waals surface area contributed by atoms with E-state index in [9.17, 15) is 18.8 Å². The van der Waals surface area contributed by atoms with E-state index in [2.05, 4.69) is 4.65 Å². The Labute approximate surface area is 167 Å². The largest absolute Gasteiger partial charge is 0.707 e. The summed E-state index contributed by atoms with van der Waals surface area (Å²) in [5.74, 6) is -3.43. The van der Waals surface area contributed by atoms with Gasteiger partial charge in [-0.3, -0.25) is 14.4 Å². The molecule has 0 aliphatic carbocycles. The summed E-state index contributed by atoms with van der Waals surface area (Å²) in [7, 11) is -2.24. The SMILES string of the molecule is C[C@@H]1c2c(ccc(OB(O)O)c2F)C(=O)N1[C@@H](CCC(=O)OC(C)(C)C)C(N)=O. The van der Waals surface area contributed by atoms with Crippen LogP contribution < -0.4 is 10.4 Å². The second-order valence-electron chi connectivity index (χ2n) is 7.71. The van der Waals surface area contributed by atoms with Gasteiger partial charge in [-0.15, -0.1) is 0 Å². The predicted octanol–water partition coefficient (Wildman–Crippen LogP) is 0.667. The fraction of sp³-hybridized carbons (Fsp3) is 0.500. The summed E-state index contributed by atoms with van der Waals surface area (Å²) in [4.78, 5) is 37.9. The predicted molar refractivity (Wildman–Crippen MR) is 99.9 cm³/mol. The van der Waals surface area contributed by atoms with E-state index in [-0.39, 0.29) is 24.0 Å². The molecule has 2 rings (SSSR count). The van der Waals surface area contributed by atoms with Crippen molar-refractivity contribution in [1.29, 1.82) is 0 Å². The number of benzene rings is 1. The van der Waals surface area contributed by atoms with Crippen molar-refractivity contribution in [3.8, 4) is 5.75 Å². The van der Waals surface area contributed by atoms with Gasteiger partial charge < -0.3 is 30.1 Å². The standard InChI is InChI=1S/C18H24BFN2O7/c1-9-14-10(5-7-12(15(14)20)29-19(26)27)17(25)22(9)11(16(21)24)6-8-13(23)28-18(2,3)4/h5,7,9,11,26-27H,6,8H2,1-4H3,(H2,21,24)/t9-,11+/m1/s1. The first-order valence-electron chi connectivity index (χ1n) is 9.02. The lowest BCUT2D eigenvalue weighted by Crippen LogP contribution is -2.46. The zero-order chi connectivity index (χ0) is 22.1. The molecule has 1 aliphatic heterocycles. The molecule has 0 saturated heterocycles. The maximum absolute atomic E-state index is 14.8. The number of carbonyl (C=O) groups excluding carboxylic acids is 3. The molecule has 0 spiro atoms. The van der Waals surface area contributed by atoms with Crippen molar-refractivity contribution in [2.24, 2.45) is 5.73 Å². The number of nitrogens with two attached hydrogens (primary N) is 1. The highest BCUT2D eigenvalue weighted by Crippen LogP contribution is 2.40. The highest BCUT2D eigenvalue weighted by atomic mass is 19.1. The van der Waals surface area contributed by atoms with Crippen molar-refractivity contribution in [1.82, 2.24) is 4.90 Å². The lowest BCUT2D eigenvalue weighted by molar-refractivity contribution is -0.155. The van der Waals surface area contributed by atoms with E-state index >= 15 is 0 Å². The van der Waals surface area contributed by atoms with E-state index in [1.807, 2.05) is 0 Å². The first-order valence-corrected chi connectivity index (χ1v) is 9.02. The fourth-order valence-electron chi connectivity index (χ4n) is 3.30. The molecule has 1 aliphatic rings. The van der Waals surface area contributed by atoms with Crippen molar-refractivity contribution < 1.29 is 38.2 Å². The summed E-state index contributed by atoms with van der Waals surface area (Å²) < 4.78 is 24.6. The minimum atomic E-state index is -2.24. The number of carbonyl (C=O) groups is 3. The molecular weight excluding hydrogens is 386 g/mol. The first kappa shape index (κ1) is 22.6. The number of esters is 1. The maximum Gasteiger partial charge on any atom is 0.707 e. The van der Waals surface area contributed by atoms with Gasteiger partial charge in [0.05, 0.1) is 6.04 Å². The van der Waals surface area contributed by atoms with Gasteiger partial charge in [0, 0.05) is 17.5 Å². The molecule has 0 aromatic heterocycles. The minimum Gasteiger partial charge on any atom is -0.510 e. The van der Waals surface area contributed by atoms with Gasteiger partial charge in [0.2, 0.25) is 5.91 Å². The maximum atomic E-state index is 14.8. The highest BCUT2D eigenvalue weighted by molar-refractivity contribution is 6.33.